The standard InChI is InChI=1S/C28H29Cl2FN2O2/c1-3-19(2)32-28(35)26(16-20-9-5-4-6-10-20)33(18-21-11-7-12-22(29)15-21)27(34)17-23-24(30)13-8-14-25(23)31/h4-15,19,26H,3,16-18H2,1-2H3,(H,32,35)/t19-,26+/m1/s1. The van der Waals surface area contributed by atoms with Gasteiger partial charge in [0.2, 0.25) is 11.8 Å². The van der Waals surface area contributed by atoms with Crippen LogP contribution in [0.4, 0.5) is 4.39 Å². The Morgan fingerprint density at radius 2 is 1.66 bits per heavy atom. The van der Waals surface area contributed by atoms with Crippen LogP contribution in [0.5, 0.6) is 0 Å². The van der Waals surface area contributed by atoms with Gasteiger partial charge >= 0.3 is 0 Å². The molecule has 184 valence electrons. The van der Waals surface area contributed by atoms with Gasteiger partial charge in [0.1, 0.15) is 11.9 Å². The lowest BCUT2D eigenvalue weighted by molar-refractivity contribution is -0.141. The Hall–Kier alpha value is -2.89. The summed E-state index contributed by atoms with van der Waals surface area (Å²) in [6.07, 6.45) is 0.783. The maximum absolute atomic E-state index is 14.5. The van der Waals surface area contributed by atoms with Crippen molar-refractivity contribution in [2.24, 2.45) is 0 Å². The Morgan fingerprint density at radius 3 is 2.31 bits per heavy atom. The van der Waals surface area contributed by atoms with Gasteiger partial charge in [-0.2, -0.15) is 0 Å². The Labute approximate surface area is 216 Å². The Balaban J connectivity index is 2.01. The van der Waals surface area contributed by atoms with Gasteiger partial charge in [-0.3, -0.25) is 9.59 Å². The average molecular weight is 515 g/mol. The van der Waals surface area contributed by atoms with Crippen molar-refractivity contribution in [3.63, 3.8) is 0 Å². The predicted molar refractivity (Wildman–Crippen MR) is 139 cm³/mol. The van der Waals surface area contributed by atoms with E-state index in [1.165, 1.54) is 17.0 Å². The molecule has 0 aromatic heterocycles. The van der Waals surface area contributed by atoms with Crippen molar-refractivity contribution in [1.29, 1.82) is 0 Å². The van der Waals surface area contributed by atoms with Crippen LogP contribution in [0, 0.1) is 5.82 Å². The third-order valence-corrected chi connectivity index (χ3v) is 6.49. The lowest BCUT2D eigenvalue weighted by Gasteiger charge is -2.32. The molecule has 0 aliphatic heterocycles. The first-order valence-electron chi connectivity index (χ1n) is 11.6. The van der Waals surface area contributed by atoms with E-state index in [2.05, 4.69) is 5.32 Å². The number of nitrogens with one attached hydrogen (secondary N) is 1. The molecule has 0 heterocycles. The number of rotatable bonds is 10. The summed E-state index contributed by atoms with van der Waals surface area (Å²) in [4.78, 5) is 28.7. The Morgan fingerprint density at radius 1 is 0.971 bits per heavy atom. The van der Waals surface area contributed by atoms with Crippen molar-refractivity contribution in [3.8, 4) is 0 Å². The van der Waals surface area contributed by atoms with Gasteiger partial charge in [0.05, 0.1) is 6.42 Å². The zero-order valence-corrected chi connectivity index (χ0v) is 21.3. The molecule has 0 spiro atoms. The zero-order valence-electron chi connectivity index (χ0n) is 19.8. The Kier molecular flexibility index (Phi) is 9.70. The largest absolute Gasteiger partial charge is 0.352 e. The minimum absolute atomic E-state index is 0.0649. The Bertz CT molecular complexity index is 1140. The van der Waals surface area contributed by atoms with Crippen molar-refractivity contribution in [1.82, 2.24) is 10.2 Å². The minimum atomic E-state index is -0.816. The summed E-state index contributed by atoms with van der Waals surface area (Å²) >= 11 is 12.4. The van der Waals surface area contributed by atoms with Gasteiger partial charge in [-0.15, -0.1) is 0 Å². The van der Waals surface area contributed by atoms with Gasteiger partial charge in [-0.1, -0.05) is 78.7 Å². The van der Waals surface area contributed by atoms with E-state index in [-0.39, 0.29) is 35.5 Å². The maximum atomic E-state index is 14.5. The van der Waals surface area contributed by atoms with E-state index in [0.29, 0.717) is 11.4 Å². The SMILES string of the molecule is CC[C@@H](C)NC(=O)[C@H](Cc1ccccc1)N(Cc1cccc(Cl)c1)C(=O)Cc1c(F)cccc1Cl. The maximum Gasteiger partial charge on any atom is 0.243 e. The summed E-state index contributed by atoms with van der Waals surface area (Å²) in [5, 5.41) is 3.70. The lowest BCUT2D eigenvalue weighted by atomic mass is 10.0. The second kappa shape index (κ2) is 12.7. The van der Waals surface area contributed by atoms with Crippen LogP contribution >= 0.6 is 23.2 Å². The summed E-state index contributed by atoms with van der Waals surface area (Å²) in [6, 6.07) is 20.1. The predicted octanol–water partition coefficient (Wildman–Crippen LogP) is 6.23. The summed E-state index contributed by atoms with van der Waals surface area (Å²) in [5.41, 5.74) is 1.78. The summed E-state index contributed by atoms with van der Waals surface area (Å²) < 4.78 is 14.5. The van der Waals surface area contributed by atoms with E-state index >= 15 is 0 Å². The monoisotopic (exact) mass is 514 g/mol. The number of carbonyl (C=O) groups is 2. The summed E-state index contributed by atoms with van der Waals surface area (Å²) in [7, 11) is 0. The molecule has 0 unspecified atom stereocenters. The fraction of sp³-hybridized carbons (Fsp3) is 0.286. The van der Waals surface area contributed by atoms with Crippen molar-refractivity contribution in [3.05, 3.63) is 105 Å². The molecule has 3 aromatic rings. The molecule has 4 nitrogen and oxygen atoms in total. The molecule has 7 heteroatoms. The van der Waals surface area contributed by atoms with Crippen LogP contribution < -0.4 is 5.32 Å². The highest BCUT2D eigenvalue weighted by Crippen LogP contribution is 2.23. The number of benzene rings is 3. The highest BCUT2D eigenvalue weighted by atomic mass is 35.5. The lowest BCUT2D eigenvalue weighted by Crippen LogP contribution is -2.52. The number of hydrogen-bond acceptors (Lipinski definition) is 2. The first-order valence-corrected chi connectivity index (χ1v) is 12.3. The number of hydrogen-bond donors (Lipinski definition) is 1. The highest BCUT2D eigenvalue weighted by Gasteiger charge is 2.31. The average Bonchev–Trinajstić information content (AvgIpc) is 2.84. The molecule has 0 saturated carbocycles. The molecular weight excluding hydrogens is 486 g/mol. The smallest absolute Gasteiger partial charge is 0.243 e. The second-order valence-electron chi connectivity index (χ2n) is 8.55. The molecule has 0 radical (unpaired) electrons. The summed E-state index contributed by atoms with van der Waals surface area (Å²) in [6.45, 7) is 4.03. The zero-order chi connectivity index (χ0) is 25.4. The number of carbonyl (C=O) groups excluding carboxylic acids is 2. The van der Waals surface area contributed by atoms with E-state index in [4.69, 9.17) is 23.2 Å². The normalized spacial score (nSPS) is 12.6. The van der Waals surface area contributed by atoms with Crippen LogP contribution in [0.2, 0.25) is 10.0 Å². The second-order valence-corrected chi connectivity index (χ2v) is 9.40. The molecule has 0 saturated heterocycles. The third-order valence-electron chi connectivity index (χ3n) is 5.90. The summed E-state index contributed by atoms with van der Waals surface area (Å²) in [5.74, 6) is -1.23. The van der Waals surface area contributed by atoms with E-state index in [1.807, 2.05) is 50.2 Å². The van der Waals surface area contributed by atoms with E-state index in [1.54, 1.807) is 24.3 Å². The van der Waals surface area contributed by atoms with E-state index in [9.17, 15) is 14.0 Å². The molecule has 0 aliphatic rings. The molecule has 35 heavy (non-hydrogen) atoms. The molecule has 0 bridgehead atoms. The topological polar surface area (TPSA) is 49.4 Å². The van der Waals surface area contributed by atoms with Crippen LogP contribution in [0.1, 0.15) is 37.0 Å². The molecule has 3 rings (SSSR count). The molecule has 2 amide bonds. The van der Waals surface area contributed by atoms with Crippen LogP contribution in [0.3, 0.4) is 0 Å². The molecule has 2 atom stereocenters. The first-order chi connectivity index (χ1) is 16.8. The van der Waals surface area contributed by atoms with Crippen LogP contribution in [-0.2, 0) is 29.0 Å². The van der Waals surface area contributed by atoms with Gasteiger partial charge in [-0.25, -0.2) is 4.39 Å². The van der Waals surface area contributed by atoms with Crippen LogP contribution in [-0.4, -0.2) is 28.8 Å². The van der Waals surface area contributed by atoms with Crippen LogP contribution in [0.25, 0.3) is 0 Å². The number of halogens is 3. The van der Waals surface area contributed by atoms with Crippen molar-refractivity contribution >= 4 is 35.0 Å². The van der Waals surface area contributed by atoms with Crippen LogP contribution in [0.15, 0.2) is 72.8 Å². The third kappa shape index (κ3) is 7.55. The van der Waals surface area contributed by atoms with E-state index in [0.717, 1.165) is 17.5 Å². The fourth-order valence-corrected chi connectivity index (χ4v) is 4.22. The van der Waals surface area contributed by atoms with Gasteiger partial charge in [0.15, 0.2) is 0 Å². The molecule has 0 fully saturated rings. The van der Waals surface area contributed by atoms with Gasteiger partial charge < -0.3 is 10.2 Å². The molecule has 1 N–H and O–H groups in total. The quantitative estimate of drug-likeness (QED) is 0.348. The van der Waals surface area contributed by atoms with Crippen molar-refractivity contribution < 1.29 is 14.0 Å². The molecule has 3 aromatic carbocycles. The number of nitrogens with zero attached hydrogens (tertiary/aromatic N) is 1. The fourth-order valence-electron chi connectivity index (χ4n) is 3.78. The van der Waals surface area contributed by atoms with Gasteiger partial charge in [-0.05, 0) is 48.7 Å². The highest BCUT2D eigenvalue weighted by molar-refractivity contribution is 6.31. The first kappa shape index (κ1) is 26.7. The van der Waals surface area contributed by atoms with Gasteiger partial charge in [0.25, 0.3) is 0 Å². The number of amides is 2. The van der Waals surface area contributed by atoms with Crippen molar-refractivity contribution in [2.75, 3.05) is 0 Å². The van der Waals surface area contributed by atoms with Crippen molar-refractivity contribution in [2.45, 2.75) is 51.7 Å². The molecule has 0 aliphatic carbocycles. The van der Waals surface area contributed by atoms with Gasteiger partial charge in [0, 0.05) is 34.6 Å². The van der Waals surface area contributed by atoms with E-state index < -0.39 is 17.8 Å². The molecular formula is C28H29Cl2FN2O2. The minimum Gasteiger partial charge on any atom is -0.352 e.